The monoisotopic (exact) mass is 364 g/mol. The number of rotatable bonds is 8. The van der Waals surface area contributed by atoms with E-state index in [-0.39, 0.29) is 35.6 Å². The predicted molar refractivity (Wildman–Crippen MR) is 97.7 cm³/mol. The lowest BCUT2D eigenvalue weighted by Gasteiger charge is -2.25. The van der Waals surface area contributed by atoms with Crippen LogP contribution in [0.2, 0.25) is 0 Å². The van der Waals surface area contributed by atoms with Crippen molar-refractivity contribution in [3.05, 3.63) is 35.9 Å². The Morgan fingerprint density at radius 1 is 1.16 bits per heavy atom. The second-order valence-corrected chi connectivity index (χ2v) is 7.46. The lowest BCUT2D eigenvalue weighted by molar-refractivity contribution is -0.137. The second kappa shape index (κ2) is 9.46. The third kappa shape index (κ3) is 6.08. The summed E-state index contributed by atoms with van der Waals surface area (Å²) in [6.07, 6.45) is 2.40. The molecule has 1 aromatic rings. The Hall–Kier alpha value is -2.02. The van der Waals surface area contributed by atoms with E-state index in [1.54, 1.807) is 23.9 Å². The first-order chi connectivity index (χ1) is 12.0. The largest absolute Gasteiger partial charge is 0.481 e. The maximum absolute atomic E-state index is 12.4. The Balaban J connectivity index is 1.94. The van der Waals surface area contributed by atoms with E-state index >= 15 is 0 Å². The van der Waals surface area contributed by atoms with Gasteiger partial charge >= 0.3 is 5.97 Å². The van der Waals surface area contributed by atoms with Gasteiger partial charge in [0.25, 0.3) is 5.91 Å². The molecule has 1 aromatic carbocycles. The summed E-state index contributed by atoms with van der Waals surface area (Å²) in [6.45, 7) is 1.47. The van der Waals surface area contributed by atoms with E-state index in [4.69, 9.17) is 5.11 Å². The molecule has 3 unspecified atom stereocenters. The number of aliphatic carboxylic acids is 1. The van der Waals surface area contributed by atoms with E-state index in [1.165, 1.54) is 6.92 Å². The fraction of sp³-hybridized carbons (Fsp3) is 0.500. The molecule has 2 rings (SSSR count). The zero-order chi connectivity index (χ0) is 18.2. The highest BCUT2D eigenvalue weighted by Gasteiger charge is 2.37. The summed E-state index contributed by atoms with van der Waals surface area (Å²) >= 11 is 1.72. The number of nitrogens with one attached hydrogen (secondary N) is 2. The number of carbonyl (C=O) groups is 3. The van der Waals surface area contributed by atoms with Gasteiger partial charge in [-0.15, -0.1) is 0 Å². The first-order valence-electron chi connectivity index (χ1n) is 8.44. The van der Waals surface area contributed by atoms with Crippen LogP contribution in [0.25, 0.3) is 0 Å². The van der Waals surface area contributed by atoms with Gasteiger partial charge < -0.3 is 15.7 Å². The van der Waals surface area contributed by atoms with Crippen molar-refractivity contribution < 1.29 is 19.5 Å². The molecule has 3 N–H and O–H groups in total. The van der Waals surface area contributed by atoms with Crippen molar-refractivity contribution in [3.8, 4) is 0 Å². The molecule has 1 aliphatic heterocycles. The molecular formula is C18H24N2O4S. The highest BCUT2D eigenvalue weighted by atomic mass is 32.2. The number of amides is 2. The van der Waals surface area contributed by atoms with E-state index in [0.29, 0.717) is 12.0 Å². The van der Waals surface area contributed by atoms with Crippen molar-refractivity contribution in [2.45, 2.75) is 49.9 Å². The predicted octanol–water partition coefficient (Wildman–Crippen LogP) is 2.05. The smallest absolute Gasteiger partial charge is 0.303 e. The molecule has 0 bridgehead atoms. The van der Waals surface area contributed by atoms with Gasteiger partial charge in [0.05, 0.1) is 12.1 Å². The van der Waals surface area contributed by atoms with Crippen molar-refractivity contribution in [2.75, 3.05) is 5.75 Å². The Bertz CT molecular complexity index is 608. The third-order valence-electron chi connectivity index (χ3n) is 4.18. The van der Waals surface area contributed by atoms with Crippen LogP contribution in [-0.2, 0) is 9.59 Å². The molecule has 0 spiro atoms. The number of benzene rings is 1. The molecule has 1 aliphatic rings. The van der Waals surface area contributed by atoms with Gasteiger partial charge in [-0.1, -0.05) is 24.6 Å². The molecule has 0 radical (unpaired) electrons. The Labute approximate surface area is 151 Å². The zero-order valence-electron chi connectivity index (χ0n) is 14.2. The lowest BCUT2D eigenvalue weighted by atomic mass is 10.0. The highest BCUT2D eigenvalue weighted by Crippen LogP contribution is 2.31. The minimum atomic E-state index is -0.787. The fourth-order valence-corrected chi connectivity index (χ4v) is 4.52. The molecule has 136 valence electrons. The topological polar surface area (TPSA) is 95.5 Å². The Morgan fingerprint density at radius 3 is 2.52 bits per heavy atom. The van der Waals surface area contributed by atoms with Crippen LogP contribution in [0.3, 0.4) is 0 Å². The van der Waals surface area contributed by atoms with Crippen LogP contribution in [0.5, 0.6) is 0 Å². The molecular weight excluding hydrogens is 340 g/mol. The van der Waals surface area contributed by atoms with E-state index < -0.39 is 5.97 Å². The van der Waals surface area contributed by atoms with Crippen LogP contribution >= 0.6 is 11.8 Å². The van der Waals surface area contributed by atoms with Crippen LogP contribution in [0.15, 0.2) is 30.3 Å². The summed E-state index contributed by atoms with van der Waals surface area (Å²) in [6, 6.07) is 8.73. The van der Waals surface area contributed by atoms with Gasteiger partial charge in [-0.25, -0.2) is 0 Å². The third-order valence-corrected chi connectivity index (χ3v) is 5.68. The summed E-state index contributed by atoms with van der Waals surface area (Å²) in [5, 5.41) is 14.9. The molecule has 0 saturated carbocycles. The van der Waals surface area contributed by atoms with Crippen LogP contribution < -0.4 is 10.6 Å². The van der Waals surface area contributed by atoms with Crippen molar-refractivity contribution in [1.82, 2.24) is 10.6 Å². The van der Waals surface area contributed by atoms with Gasteiger partial charge in [0.1, 0.15) is 0 Å². The van der Waals surface area contributed by atoms with E-state index in [2.05, 4.69) is 10.6 Å². The zero-order valence-corrected chi connectivity index (χ0v) is 15.1. The van der Waals surface area contributed by atoms with E-state index in [9.17, 15) is 14.4 Å². The first-order valence-corrected chi connectivity index (χ1v) is 9.48. The number of carboxylic acid groups (broad SMARTS) is 1. The number of carbonyl (C=O) groups excluding carboxylic acids is 2. The van der Waals surface area contributed by atoms with Crippen molar-refractivity contribution in [1.29, 1.82) is 0 Å². The molecule has 1 fully saturated rings. The summed E-state index contributed by atoms with van der Waals surface area (Å²) in [4.78, 5) is 34.5. The SMILES string of the molecule is CC(=O)NC1C(NC(=O)c2ccccc2)CSC1CCCCC(=O)O. The van der Waals surface area contributed by atoms with Gasteiger partial charge in [0.15, 0.2) is 0 Å². The lowest BCUT2D eigenvalue weighted by Crippen LogP contribution is -2.52. The Morgan fingerprint density at radius 2 is 1.88 bits per heavy atom. The van der Waals surface area contributed by atoms with Gasteiger partial charge in [-0.2, -0.15) is 11.8 Å². The summed E-state index contributed by atoms with van der Waals surface area (Å²) in [7, 11) is 0. The Kier molecular flexibility index (Phi) is 7.31. The molecule has 0 aliphatic carbocycles. The molecule has 7 heteroatoms. The van der Waals surface area contributed by atoms with E-state index in [1.807, 2.05) is 18.2 Å². The molecule has 0 aromatic heterocycles. The maximum atomic E-state index is 12.4. The van der Waals surface area contributed by atoms with Crippen molar-refractivity contribution in [2.24, 2.45) is 0 Å². The van der Waals surface area contributed by atoms with Crippen LogP contribution in [0, 0.1) is 0 Å². The number of hydrogen-bond donors (Lipinski definition) is 3. The van der Waals surface area contributed by atoms with Gasteiger partial charge in [-0.3, -0.25) is 14.4 Å². The maximum Gasteiger partial charge on any atom is 0.303 e. The number of thioether (sulfide) groups is 1. The fourth-order valence-electron chi connectivity index (χ4n) is 2.98. The summed E-state index contributed by atoms with van der Waals surface area (Å²) in [5.41, 5.74) is 0.596. The minimum Gasteiger partial charge on any atom is -0.481 e. The molecule has 2 amide bonds. The summed E-state index contributed by atoms with van der Waals surface area (Å²) < 4.78 is 0. The van der Waals surface area contributed by atoms with Gasteiger partial charge in [0, 0.05) is 29.9 Å². The van der Waals surface area contributed by atoms with Crippen LogP contribution in [0.1, 0.15) is 43.0 Å². The normalized spacial score (nSPS) is 22.4. The molecule has 3 atom stereocenters. The molecule has 6 nitrogen and oxygen atoms in total. The molecule has 1 heterocycles. The van der Waals surface area contributed by atoms with Crippen LogP contribution in [-0.4, -0.2) is 46.0 Å². The average Bonchev–Trinajstić information content (AvgIpc) is 2.93. The number of unbranched alkanes of at least 4 members (excludes halogenated alkanes) is 1. The summed E-state index contributed by atoms with van der Waals surface area (Å²) in [5.74, 6) is -0.326. The van der Waals surface area contributed by atoms with Crippen LogP contribution in [0.4, 0.5) is 0 Å². The molecule has 1 saturated heterocycles. The molecule has 25 heavy (non-hydrogen) atoms. The van der Waals surface area contributed by atoms with E-state index in [0.717, 1.165) is 18.6 Å². The van der Waals surface area contributed by atoms with Crippen molar-refractivity contribution in [3.63, 3.8) is 0 Å². The van der Waals surface area contributed by atoms with Gasteiger partial charge in [-0.05, 0) is 25.0 Å². The van der Waals surface area contributed by atoms with Gasteiger partial charge in [0.2, 0.25) is 5.91 Å². The minimum absolute atomic E-state index is 0.123. The number of carboxylic acids is 1. The second-order valence-electron chi connectivity index (χ2n) is 6.18. The number of hydrogen-bond acceptors (Lipinski definition) is 4. The van der Waals surface area contributed by atoms with Crippen molar-refractivity contribution >= 4 is 29.5 Å². The standard InChI is InChI=1S/C18H24N2O4S/c1-12(21)19-17-14(20-18(24)13-7-3-2-4-8-13)11-25-15(17)9-5-6-10-16(22)23/h2-4,7-8,14-15,17H,5-6,9-11H2,1H3,(H,19,21)(H,20,24)(H,22,23). The highest BCUT2D eigenvalue weighted by molar-refractivity contribution is 8.00. The average molecular weight is 364 g/mol. The first kappa shape index (κ1) is 19.3. The quantitative estimate of drug-likeness (QED) is 0.614.